The van der Waals surface area contributed by atoms with Gasteiger partial charge in [-0.05, 0) is 58.0 Å². The molecule has 9 heteroatoms. The van der Waals surface area contributed by atoms with E-state index in [0.717, 1.165) is 0 Å². The third-order valence-corrected chi connectivity index (χ3v) is 4.99. The summed E-state index contributed by atoms with van der Waals surface area (Å²) in [6.07, 6.45) is 0. The number of ketones is 2. The van der Waals surface area contributed by atoms with Gasteiger partial charge in [0, 0.05) is 16.6 Å². The van der Waals surface area contributed by atoms with Crippen molar-refractivity contribution in [2.24, 2.45) is 0 Å². The van der Waals surface area contributed by atoms with E-state index in [0.29, 0.717) is 5.56 Å². The van der Waals surface area contributed by atoms with Crippen LogP contribution in [0.2, 0.25) is 5.02 Å². The second-order valence-electron chi connectivity index (χ2n) is 8.78. The maximum Gasteiger partial charge on any atom is 0.179 e. The summed E-state index contributed by atoms with van der Waals surface area (Å²) >= 11 is 5.85. The number of aliphatic hydroxyl groups excluding tert-OH is 2. The zero-order valence-electron chi connectivity index (χ0n) is 19.3. The van der Waals surface area contributed by atoms with E-state index in [1.54, 1.807) is 33.8 Å². The van der Waals surface area contributed by atoms with Gasteiger partial charge in [0.25, 0.3) is 0 Å². The first-order valence-electron chi connectivity index (χ1n) is 10.3. The predicted octanol–water partition coefficient (Wildman–Crippen LogP) is 2.96. The lowest BCUT2D eigenvalue weighted by Gasteiger charge is -2.23. The third kappa shape index (κ3) is 9.98. The molecule has 0 spiro atoms. The van der Waals surface area contributed by atoms with E-state index in [4.69, 9.17) is 21.8 Å². The number of benzene rings is 2. The molecule has 0 saturated carbocycles. The molecule has 0 aliphatic rings. The van der Waals surface area contributed by atoms with E-state index < -0.39 is 16.9 Å². The van der Waals surface area contributed by atoms with Crippen molar-refractivity contribution in [1.29, 1.82) is 0 Å². The number of hydrogen-bond acceptors (Lipinski definition) is 7. The van der Waals surface area contributed by atoms with E-state index >= 15 is 0 Å². The predicted molar refractivity (Wildman–Crippen MR) is 127 cm³/mol. The molecule has 0 aromatic heterocycles. The van der Waals surface area contributed by atoms with Crippen molar-refractivity contribution in [2.45, 2.75) is 38.8 Å². The lowest BCUT2D eigenvalue weighted by molar-refractivity contribution is 0.0958. The van der Waals surface area contributed by atoms with Gasteiger partial charge in [-0.15, -0.1) is 0 Å². The minimum absolute atomic E-state index is 0.00843. The number of phenols is 1. The molecule has 0 fully saturated rings. The van der Waals surface area contributed by atoms with E-state index in [1.807, 2.05) is 0 Å². The molecular weight excluding hydrogens is 451 g/mol. The molecule has 5 N–H and O–H groups in total. The molecule has 2 aromatic rings. The first-order chi connectivity index (χ1) is 15.3. The molecule has 0 unspecified atom stereocenters. The Hall–Kier alpha value is -2.36. The number of hydrogen-bond donors (Lipinski definition) is 5. The topological polar surface area (TPSA) is 119 Å². The number of halogens is 2. The highest BCUT2D eigenvalue weighted by Crippen LogP contribution is 2.21. The van der Waals surface area contributed by atoms with Gasteiger partial charge in [0.15, 0.2) is 11.6 Å². The minimum atomic E-state index is -0.541. The molecule has 0 atom stereocenters. The van der Waals surface area contributed by atoms with Crippen LogP contribution in [0.4, 0.5) is 4.39 Å². The Morgan fingerprint density at radius 2 is 1.36 bits per heavy atom. The van der Waals surface area contributed by atoms with Crippen LogP contribution in [-0.4, -0.2) is 64.3 Å². The number of carbonyl (C=O) groups is 2. The molecule has 0 amide bonds. The standard InChI is InChI=1S/C12H16ClNO3.C12H16FNO2/c1-12(2,7-15)14-6-11(17)9-4-3-8(16)5-10(9)13;1-12(2,8-15)14-7-11(16)9-5-3-4-6-10(9)13/h3-5,14-16H,6-7H2,1-2H3;3-6,14-15H,7-8H2,1-2H3. The van der Waals surface area contributed by atoms with Crippen LogP contribution in [0, 0.1) is 5.82 Å². The second-order valence-corrected chi connectivity index (χ2v) is 9.19. The van der Waals surface area contributed by atoms with Gasteiger partial charge in [-0.25, -0.2) is 4.39 Å². The quantitative estimate of drug-likeness (QED) is 0.330. The second kappa shape index (κ2) is 12.8. The monoisotopic (exact) mass is 482 g/mol. The van der Waals surface area contributed by atoms with Crippen molar-refractivity contribution < 1.29 is 29.3 Å². The maximum absolute atomic E-state index is 13.2. The van der Waals surface area contributed by atoms with Crippen molar-refractivity contribution in [3.63, 3.8) is 0 Å². The molecule has 0 radical (unpaired) electrons. The average Bonchev–Trinajstić information content (AvgIpc) is 2.77. The lowest BCUT2D eigenvalue weighted by atomic mass is 10.1. The summed E-state index contributed by atoms with van der Waals surface area (Å²) in [4.78, 5) is 23.5. The van der Waals surface area contributed by atoms with Crippen molar-refractivity contribution in [1.82, 2.24) is 10.6 Å². The Morgan fingerprint density at radius 3 is 1.82 bits per heavy atom. The molecule has 0 heterocycles. The summed E-state index contributed by atoms with van der Waals surface area (Å²) in [6.45, 7) is 7.05. The molecule has 7 nitrogen and oxygen atoms in total. The Kier molecular flexibility index (Phi) is 11.1. The molecule has 0 aliphatic carbocycles. The van der Waals surface area contributed by atoms with E-state index in [2.05, 4.69) is 10.6 Å². The number of phenolic OH excluding ortho intramolecular Hbond substituents is 1. The fourth-order valence-electron chi connectivity index (χ4n) is 2.36. The molecule has 33 heavy (non-hydrogen) atoms. The summed E-state index contributed by atoms with van der Waals surface area (Å²) in [5, 5.41) is 33.2. The smallest absolute Gasteiger partial charge is 0.179 e. The SMILES string of the molecule is CC(C)(CO)NCC(=O)c1ccc(O)cc1Cl.CC(C)(CO)NCC(=O)c1ccccc1F. The van der Waals surface area contributed by atoms with Gasteiger partial charge in [-0.1, -0.05) is 23.7 Å². The summed E-state index contributed by atoms with van der Waals surface area (Å²) in [5.74, 6) is -0.998. The number of aliphatic hydroxyl groups is 2. The van der Waals surface area contributed by atoms with E-state index in [-0.39, 0.29) is 54.2 Å². The third-order valence-electron chi connectivity index (χ3n) is 4.67. The Bertz CT molecular complexity index is 950. The number of Topliss-reactive ketones (excluding diaryl/α,β-unsaturated/α-hetero) is 2. The molecule has 0 bridgehead atoms. The van der Waals surface area contributed by atoms with Crippen molar-refractivity contribution in [3.8, 4) is 5.75 Å². The van der Waals surface area contributed by atoms with Gasteiger partial charge in [0.2, 0.25) is 0 Å². The van der Waals surface area contributed by atoms with Gasteiger partial charge in [-0.3, -0.25) is 9.59 Å². The largest absolute Gasteiger partial charge is 0.508 e. The maximum atomic E-state index is 13.2. The first kappa shape index (κ1) is 28.7. The number of nitrogens with one attached hydrogen (secondary N) is 2. The van der Waals surface area contributed by atoms with Crippen molar-refractivity contribution in [2.75, 3.05) is 26.3 Å². The number of aromatic hydroxyl groups is 1. The van der Waals surface area contributed by atoms with Gasteiger partial charge in [0.05, 0.1) is 36.9 Å². The van der Waals surface area contributed by atoms with Gasteiger partial charge in [0.1, 0.15) is 11.6 Å². The highest BCUT2D eigenvalue weighted by Gasteiger charge is 2.19. The zero-order chi connectivity index (χ0) is 25.2. The Morgan fingerprint density at radius 1 is 0.879 bits per heavy atom. The van der Waals surface area contributed by atoms with Crippen LogP contribution in [-0.2, 0) is 0 Å². The fourth-order valence-corrected chi connectivity index (χ4v) is 2.64. The van der Waals surface area contributed by atoms with Crippen LogP contribution in [0.25, 0.3) is 0 Å². The van der Waals surface area contributed by atoms with Crippen LogP contribution in [0.3, 0.4) is 0 Å². The highest BCUT2D eigenvalue weighted by molar-refractivity contribution is 6.34. The van der Waals surface area contributed by atoms with Crippen LogP contribution in [0.15, 0.2) is 42.5 Å². The number of rotatable bonds is 10. The molecule has 0 aliphatic heterocycles. The summed E-state index contributed by atoms with van der Waals surface area (Å²) in [5.41, 5.74) is -0.630. The van der Waals surface area contributed by atoms with Crippen LogP contribution < -0.4 is 10.6 Å². The number of carbonyl (C=O) groups excluding carboxylic acids is 2. The summed E-state index contributed by atoms with van der Waals surface area (Å²) < 4.78 is 13.2. The Balaban J connectivity index is 0.000000331. The molecule has 182 valence electrons. The zero-order valence-corrected chi connectivity index (χ0v) is 20.0. The van der Waals surface area contributed by atoms with Gasteiger partial charge < -0.3 is 26.0 Å². The van der Waals surface area contributed by atoms with Crippen LogP contribution in [0.1, 0.15) is 48.4 Å². The van der Waals surface area contributed by atoms with Gasteiger partial charge in [-0.2, -0.15) is 0 Å². The molecular formula is C24H32ClFN2O5. The van der Waals surface area contributed by atoms with Crippen molar-refractivity contribution >= 4 is 23.2 Å². The summed E-state index contributed by atoms with van der Waals surface area (Å²) in [6, 6.07) is 10.1. The molecule has 2 rings (SSSR count). The van der Waals surface area contributed by atoms with E-state index in [1.165, 1.54) is 36.4 Å². The average molecular weight is 483 g/mol. The first-order valence-corrected chi connectivity index (χ1v) is 10.7. The van der Waals surface area contributed by atoms with Crippen molar-refractivity contribution in [3.05, 3.63) is 64.4 Å². The Labute approximate surface area is 198 Å². The highest BCUT2D eigenvalue weighted by atomic mass is 35.5. The fraction of sp³-hybridized carbons (Fsp3) is 0.417. The minimum Gasteiger partial charge on any atom is -0.508 e. The normalized spacial score (nSPS) is 11.5. The summed E-state index contributed by atoms with van der Waals surface area (Å²) in [7, 11) is 0. The van der Waals surface area contributed by atoms with Gasteiger partial charge >= 0.3 is 0 Å². The van der Waals surface area contributed by atoms with E-state index in [9.17, 15) is 19.1 Å². The van der Waals surface area contributed by atoms with Crippen LogP contribution >= 0.6 is 11.6 Å². The van der Waals surface area contributed by atoms with Crippen LogP contribution in [0.5, 0.6) is 5.75 Å². The molecule has 2 aromatic carbocycles. The lowest BCUT2D eigenvalue weighted by Crippen LogP contribution is -2.45. The molecule has 0 saturated heterocycles.